The number of piperidine rings is 1. The predicted molar refractivity (Wildman–Crippen MR) is 82.7 cm³/mol. The molecule has 2 nitrogen and oxygen atoms in total. The minimum Gasteiger partial charge on any atom is -0.339 e. The van der Waals surface area contributed by atoms with Crippen molar-refractivity contribution in [3.63, 3.8) is 0 Å². The molecule has 1 amide bonds. The predicted octanol–water partition coefficient (Wildman–Crippen LogP) is 3.94. The van der Waals surface area contributed by atoms with Crippen molar-refractivity contribution in [2.24, 2.45) is 5.41 Å². The molecule has 0 radical (unpaired) electrons. The van der Waals surface area contributed by atoms with Crippen LogP contribution in [0.1, 0.15) is 43.5 Å². The van der Waals surface area contributed by atoms with Crippen molar-refractivity contribution < 1.29 is 4.79 Å². The Balaban J connectivity index is 2.01. The Labute approximate surface area is 123 Å². The number of benzene rings is 1. The fourth-order valence-corrected chi connectivity index (χ4v) is 2.74. The zero-order valence-electron chi connectivity index (χ0n) is 11.1. The molecular weight excluding hydrogens is 337 g/mol. The second-order valence-electron chi connectivity index (χ2n) is 5.46. The van der Waals surface area contributed by atoms with Crippen LogP contribution in [0.5, 0.6) is 0 Å². The monoisotopic (exact) mass is 357 g/mol. The Morgan fingerprint density at radius 2 is 1.83 bits per heavy atom. The van der Waals surface area contributed by atoms with E-state index in [2.05, 4.69) is 36.4 Å². The first kappa shape index (κ1) is 13.8. The molecule has 0 N–H and O–H groups in total. The van der Waals surface area contributed by atoms with E-state index in [-0.39, 0.29) is 5.91 Å². The van der Waals surface area contributed by atoms with Crippen LogP contribution >= 0.6 is 22.6 Å². The van der Waals surface area contributed by atoms with E-state index >= 15 is 0 Å². The molecule has 0 spiro atoms. The van der Waals surface area contributed by atoms with Gasteiger partial charge in [-0.2, -0.15) is 0 Å². The van der Waals surface area contributed by atoms with E-state index in [1.54, 1.807) is 0 Å². The molecule has 0 atom stereocenters. The first-order valence-corrected chi connectivity index (χ1v) is 7.67. The largest absolute Gasteiger partial charge is 0.339 e. The van der Waals surface area contributed by atoms with Gasteiger partial charge in [-0.15, -0.1) is 0 Å². The lowest BCUT2D eigenvalue weighted by Gasteiger charge is -2.39. The van der Waals surface area contributed by atoms with Gasteiger partial charge in [-0.1, -0.05) is 20.3 Å². The minimum absolute atomic E-state index is 0.185. The number of halogens is 1. The van der Waals surface area contributed by atoms with Crippen LogP contribution in [0.15, 0.2) is 24.3 Å². The molecule has 1 aliphatic heterocycles. The van der Waals surface area contributed by atoms with Crippen LogP contribution in [0.3, 0.4) is 0 Å². The quantitative estimate of drug-likeness (QED) is 0.734. The van der Waals surface area contributed by atoms with Crippen molar-refractivity contribution in [1.29, 1.82) is 0 Å². The summed E-state index contributed by atoms with van der Waals surface area (Å²) < 4.78 is 1.17. The Morgan fingerprint density at radius 1 is 1.28 bits per heavy atom. The molecule has 0 bridgehead atoms. The highest BCUT2D eigenvalue weighted by Crippen LogP contribution is 2.34. The highest BCUT2D eigenvalue weighted by molar-refractivity contribution is 14.1. The maximum absolute atomic E-state index is 12.3. The Kier molecular flexibility index (Phi) is 4.30. The molecule has 1 aliphatic rings. The van der Waals surface area contributed by atoms with Crippen molar-refractivity contribution in [2.75, 3.05) is 13.1 Å². The van der Waals surface area contributed by atoms with Crippen molar-refractivity contribution in [3.05, 3.63) is 33.4 Å². The summed E-state index contributed by atoms with van der Waals surface area (Å²) >= 11 is 2.26. The summed E-state index contributed by atoms with van der Waals surface area (Å²) in [7, 11) is 0. The van der Waals surface area contributed by atoms with Crippen molar-refractivity contribution in [1.82, 2.24) is 4.90 Å². The molecule has 1 aromatic rings. The molecule has 0 unspecified atom stereocenters. The maximum Gasteiger partial charge on any atom is 0.253 e. The first-order valence-electron chi connectivity index (χ1n) is 6.59. The zero-order chi connectivity index (χ0) is 13.2. The van der Waals surface area contributed by atoms with Crippen LogP contribution in [0.2, 0.25) is 0 Å². The summed E-state index contributed by atoms with van der Waals surface area (Å²) in [5.74, 6) is 0.185. The summed E-state index contributed by atoms with van der Waals surface area (Å²) in [6.07, 6.45) is 3.46. The SMILES string of the molecule is CCC1(C)CCN(C(=O)c2ccc(I)cc2)CC1. The summed E-state index contributed by atoms with van der Waals surface area (Å²) in [5.41, 5.74) is 1.25. The lowest BCUT2D eigenvalue weighted by atomic mass is 9.78. The summed E-state index contributed by atoms with van der Waals surface area (Å²) in [6.45, 7) is 6.38. The standard InChI is InChI=1S/C15H20INO/c1-3-15(2)8-10-17(11-9-15)14(18)12-4-6-13(16)7-5-12/h4-7H,3,8-11H2,1-2H3. The number of hydrogen-bond acceptors (Lipinski definition) is 1. The first-order chi connectivity index (χ1) is 8.54. The normalized spacial score (nSPS) is 18.7. The minimum atomic E-state index is 0.185. The average molecular weight is 357 g/mol. The van der Waals surface area contributed by atoms with Crippen LogP contribution < -0.4 is 0 Å². The number of likely N-dealkylation sites (tertiary alicyclic amines) is 1. The third-order valence-electron chi connectivity index (χ3n) is 4.20. The van der Waals surface area contributed by atoms with E-state index in [1.807, 2.05) is 29.2 Å². The summed E-state index contributed by atoms with van der Waals surface area (Å²) in [5, 5.41) is 0. The number of rotatable bonds is 2. The van der Waals surface area contributed by atoms with Gasteiger partial charge in [0.15, 0.2) is 0 Å². The molecule has 1 fully saturated rings. The van der Waals surface area contributed by atoms with Crippen LogP contribution in [0, 0.1) is 8.99 Å². The molecule has 2 rings (SSSR count). The highest BCUT2D eigenvalue weighted by atomic mass is 127. The molecular formula is C15H20INO. The fourth-order valence-electron chi connectivity index (χ4n) is 2.38. The number of nitrogens with zero attached hydrogens (tertiary/aromatic N) is 1. The van der Waals surface area contributed by atoms with E-state index < -0.39 is 0 Å². The zero-order valence-corrected chi connectivity index (χ0v) is 13.2. The Morgan fingerprint density at radius 3 is 2.33 bits per heavy atom. The average Bonchev–Trinajstić information content (AvgIpc) is 2.40. The van der Waals surface area contributed by atoms with E-state index in [0.29, 0.717) is 5.41 Å². The second kappa shape index (κ2) is 5.59. The Bertz CT molecular complexity index is 419. The third-order valence-corrected chi connectivity index (χ3v) is 4.92. The topological polar surface area (TPSA) is 20.3 Å². The van der Waals surface area contributed by atoms with Gasteiger partial charge in [-0.25, -0.2) is 0 Å². The molecule has 0 saturated carbocycles. The smallest absolute Gasteiger partial charge is 0.253 e. The van der Waals surface area contributed by atoms with Crippen LogP contribution in [-0.2, 0) is 0 Å². The highest BCUT2D eigenvalue weighted by Gasteiger charge is 2.30. The molecule has 3 heteroatoms. The van der Waals surface area contributed by atoms with Gasteiger partial charge in [-0.05, 0) is 65.1 Å². The van der Waals surface area contributed by atoms with E-state index in [0.717, 1.165) is 31.5 Å². The fraction of sp³-hybridized carbons (Fsp3) is 0.533. The van der Waals surface area contributed by atoms with Gasteiger partial charge in [0.25, 0.3) is 5.91 Å². The van der Waals surface area contributed by atoms with Gasteiger partial charge in [0.2, 0.25) is 0 Å². The van der Waals surface area contributed by atoms with Gasteiger partial charge in [-0.3, -0.25) is 4.79 Å². The van der Waals surface area contributed by atoms with Crippen LogP contribution in [0.4, 0.5) is 0 Å². The lowest BCUT2D eigenvalue weighted by Crippen LogP contribution is -2.41. The molecule has 1 saturated heterocycles. The van der Waals surface area contributed by atoms with Gasteiger partial charge in [0.1, 0.15) is 0 Å². The third kappa shape index (κ3) is 3.05. The van der Waals surface area contributed by atoms with E-state index in [4.69, 9.17) is 0 Å². The second-order valence-corrected chi connectivity index (χ2v) is 6.71. The van der Waals surface area contributed by atoms with E-state index in [9.17, 15) is 4.79 Å². The van der Waals surface area contributed by atoms with Crippen molar-refractivity contribution in [2.45, 2.75) is 33.1 Å². The number of amides is 1. The Hall–Kier alpha value is -0.580. The molecule has 0 aromatic heterocycles. The molecule has 1 aromatic carbocycles. The number of hydrogen-bond donors (Lipinski definition) is 0. The van der Waals surface area contributed by atoms with Crippen molar-refractivity contribution in [3.8, 4) is 0 Å². The van der Waals surface area contributed by atoms with E-state index in [1.165, 1.54) is 9.99 Å². The summed E-state index contributed by atoms with van der Waals surface area (Å²) in [6, 6.07) is 7.84. The molecule has 0 aliphatic carbocycles. The van der Waals surface area contributed by atoms with Crippen LogP contribution in [-0.4, -0.2) is 23.9 Å². The summed E-state index contributed by atoms with van der Waals surface area (Å²) in [4.78, 5) is 14.3. The number of carbonyl (C=O) groups is 1. The molecule has 18 heavy (non-hydrogen) atoms. The van der Waals surface area contributed by atoms with Gasteiger partial charge in [0.05, 0.1) is 0 Å². The molecule has 1 heterocycles. The lowest BCUT2D eigenvalue weighted by molar-refractivity contribution is 0.0600. The van der Waals surface area contributed by atoms with Gasteiger partial charge in [0, 0.05) is 22.2 Å². The van der Waals surface area contributed by atoms with Gasteiger partial charge >= 0.3 is 0 Å². The maximum atomic E-state index is 12.3. The van der Waals surface area contributed by atoms with Crippen LogP contribution in [0.25, 0.3) is 0 Å². The number of carbonyl (C=O) groups excluding carboxylic acids is 1. The van der Waals surface area contributed by atoms with Gasteiger partial charge < -0.3 is 4.90 Å². The van der Waals surface area contributed by atoms with Crippen molar-refractivity contribution >= 4 is 28.5 Å². The molecule has 98 valence electrons.